The van der Waals surface area contributed by atoms with E-state index in [1.807, 2.05) is 0 Å². The van der Waals surface area contributed by atoms with Crippen molar-refractivity contribution in [3.8, 4) is 0 Å². The van der Waals surface area contributed by atoms with Gasteiger partial charge in [0.2, 0.25) is 11.8 Å². The number of anilines is 1. The molecule has 4 N–H and O–H groups in total. The van der Waals surface area contributed by atoms with Crippen molar-refractivity contribution in [3.63, 3.8) is 0 Å². The molecule has 2 aromatic rings. The third kappa shape index (κ3) is 10.7. The first-order valence-electron chi connectivity index (χ1n) is 17.2. The summed E-state index contributed by atoms with van der Waals surface area (Å²) in [7, 11) is 0. The summed E-state index contributed by atoms with van der Waals surface area (Å²) >= 11 is 0. The number of imide groups is 2. The van der Waals surface area contributed by atoms with E-state index in [0.717, 1.165) is 12.1 Å². The van der Waals surface area contributed by atoms with Crippen LogP contribution in [0.5, 0.6) is 0 Å². The van der Waals surface area contributed by atoms with E-state index in [9.17, 15) is 59.2 Å². The number of carboxylic acids is 3. The minimum Gasteiger partial charge on any atom is -0.481 e. The van der Waals surface area contributed by atoms with Gasteiger partial charge < -0.3 is 30.1 Å². The molecule has 1 saturated heterocycles. The van der Waals surface area contributed by atoms with Crippen LogP contribution >= 0.6 is 0 Å². The van der Waals surface area contributed by atoms with Crippen molar-refractivity contribution in [2.24, 2.45) is 5.41 Å². The number of rotatable bonds is 25. The Hall–Kier alpha value is -6.10. The number of urea groups is 1. The van der Waals surface area contributed by atoms with Gasteiger partial charge in [0, 0.05) is 25.6 Å². The molecular formula is C32H42N8O15. The number of carboxylic acid groups (broad SMARTS) is 3. The van der Waals surface area contributed by atoms with E-state index >= 15 is 0 Å². The molecule has 1 unspecified atom stereocenters. The van der Waals surface area contributed by atoms with Crippen LogP contribution in [0.2, 0.25) is 0 Å². The Morgan fingerprint density at radius 2 is 1.51 bits per heavy atom. The monoisotopic (exact) mass is 778 g/mol. The van der Waals surface area contributed by atoms with E-state index in [1.54, 1.807) is 6.20 Å². The maximum absolute atomic E-state index is 13.7. The zero-order chi connectivity index (χ0) is 40.9. The van der Waals surface area contributed by atoms with Gasteiger partial charge in [-0.05, 0) is 44.6 Å². The van der Waals surface area contributed by atoms with Crippen LogP contribution in [0.15, 0.2) is 24.4 Å². The fourth-order valence-electron chi connectivity index (χ4n) is 5.95. The molecule has 55 heavy (non-hydrogen) atoms. The zero-order valence-electron chi connectivity index (χ0n) is 30.0. The summed E-state index contributed by atoms with van der Waals surface area (Å²) in [6.07, 6.45) is 0.152. The Labute approximate surface area is 312 Å². The SMILES string of the molecule is CCC1(CC)C(=O)N(C(CCC(=O)O)C(=O)O)C(=O)N([C@@H](CCCCn2cc(COCCOCCNc3ccc([N+](=O)[O-])cc3[N+](=O)[O-])nn2)C(=O)O)C1=O. The van der Waals surface area contributed by atoms with Crippen LogP contribution in [0.4, 0.5) is 21.9 Å². The zero-order valence-corrected chi connectivity index (χ0v) is 30.0. The number of amides is 4. The topological polar surface area (TPSA) is 317 Å². The molecule has 0 radical (unpaired) electrons. The van der Waals surface area contributed by atoms with Crippen LogP contribution in [-0.2, 0) is 46.6 Å². The number of hydrogen-bond donors (Lipinski definition) is 4. The second kappa shape index (κ2) is 19.8. The number of nitro benzene ring substituents is 2. The van der Waals surface area contributed by atoms with Crippen LogP contribution < -0.4 is 5.32 Å². The molecule has 1 aromatic heterocycles. The summed E-state index contributed by atoms with van der Waals surface area (Å²) in [4.78, 5) is 98.0. The highest BCUT2D eigenvalue weighted by Crippen LogP contribution is 2.39. The summed E-state index contributed by atoms with van der Waals surface area (Å²) in [6, 6.07) is -1.87. The highest BCUT2D eigenvalue weighted by Gasteiger charge is 2.59. The van der Waals surface area contributed by atoms with Gasteiger partial charge in [-0.1, -0.05) is 19.1 Å². The molecule has 300 valence electrons. The molecule has 1 aliphatic rings. The lowest BCUT2D eigenvalue weighted by molar-refractivity contribution is -0.393. The average molecular weight is 779 g/mol. The van der Waals surface area contributed by atoms with E-state index < -0.39 is 87.3 Å². The molecule has 23 heteroatoms. The Kier molecular flexibility index (Phi) is 15.6. The normalized spacial score (nSPS) is 15.1. The predicted octanol–water partition coefficient (Wildman–Crippen LogP) is 2.28. The Morgan fingerprint density at radius 3 is 2.07 bits per heavy atom. The van der Waals surface area contributed by atoms with Gasteiger partial charge >= 0.3 is 23.9 Å². The predicted molar refractivity (Wildman–Crippen MR) is 184 cm³/mol. The Morgan fingerprint density at radius 1 is 0.891 bits per heavy atom. The second-order valence-electron chi connectivity index (χ2n) is 12.3. The maximum atomic E-state index is 13.7. The number of nitrogens with zero attached hydrogens (tertiary/aromatic N) is 7. The molecule has 3 rings (SSSR count). The van der Waals surface area contributed by atoms with Crippen molar-refractivity contribution < 1.29 is 63.4 Å². The van der Waals surface area contributed by atoms with Crippen molar-refractivity contribution in [1.82, 2.24) is 24.8 Å². The largest absolute Gasteiger partial charge is 0.481 e. The van der Waals surface area contributed by atoms with Crippen molar-refractivity contribution in [1.29, 1.82) is 0 Å². The summed E-state index contributed by atoms with van der Waals surface area (Å²) in [5, 5.41) is 61.9. The van der Waals surface area contributed by atoms with E-state index in [-0.39, 0.29) is 70.9 Å². The number of carbonyl (C=O) groups excluding carboxylic acids is 3. The standard InChI is InChI=1S/C32H42N8O15/c1-3-32(4-2)29(47)37(31(49)38(30(32)48)24(28(45)46)10-11-26(41)42)23(27(43)44)7-5-6-13-36-18-20(34-35-36)19-55-16-15-54-14-12-33-22-9-8-21(39(50)51)17-25(22)40(52)53/h8-9,17-18,23-24,33H,3-7,10-16,19H2,1-2H3,(H,41,42)(H,43,44)(H,45,46)/t23-,24?/m0/s1. The summed E-state index contributed by atoms with van der Waals surface area (Å²) in [5.41, 5.74) is -2.20. The lowest BCUT2D eigenvalue weighted by atomic mass is 9.77. The molecule has 1 aliphatic heterocycles. The quantitative estimate of drug-likeness (QED) is 0.0486. The second-order valence-corrected chi connectivity index (χ2v) is 12.3. The fraction of sp³-hybridized carbons (Fsp3) is 0.562. The number of benzene rings is 1. The van der Waals surface area contributed by atoms with Crippen LogP contribution in [0.1, 0.15) is 64.5 Å². The number of aliphatic carboxylic acids is 3. The molecular weight excluding hydrogens is 736 g/mol. The molecule has 1 aromatic carbocycles. The first-order chi connectivity index (χ1) is 26.1. The van der Waals surface area contributed by atoms with Gasteiger partial charge in [0.1, 0.15) is 28.9 Å². The highest BCUT2D eigenvalue weighted by molar-refractivity contribution is 6.21. The molecule has 0 saturated carbocycles. The molecule has 2 heterocycles. The van der Waals surface area contributed by atoms with Crippen LogP contribution in [0.25, 0.3) is 0 Å². The number of barbiturate groups is 1. The summed E-state index contributed by atoms with van der Waals surface area (Å²) in [5.74, 6) is -6.79. The van der Waals surface area contributed by atoms with Crippen molar-refractivity contribution in [3.05, 3.63) is 50.3 Å². The Balaban J connectivity index is 1.49. The van der Waals surface area contributed by atoms with Crippen LogP contribution in [0.3, 0.4) is 0 Å². The molecule has 23 nitrogen and oxygen atoms in total. The Bertz CT molecular complexity index is 1760. The van der Waals surface area contributed by atoms with Gasteiger partial charge in [0.05, 0.1) is 48.5 Å². The van der Waals surface area contributed by atoms with Gasteiger partial charge in [-0.3, -0.25) is 39.3 Å². The number of ether oxygens (including phenoxy) is 2. The third-order valence-electron chi connectivity index (χ3n) is 8.97. The number of aromatic nitrogens is 3. The first-order valence-corrected chi connectivity index (χ1v) is 17.2. The van der Waals surface area contributed by atoms with Gasteiger partial charge in [-0.15, -0.1) is 5.10 Å². The number of unbranched alkanes of at least 4 members (excludes halogenated alkanes) is 1. The summed E-state index contributed by atoms with van der Waals surface area (Å²) < 4.78 is 12.4. The smallest absolute Gasteiger partial charge is 0.335 e. The number of nitrogens with one attached hydrogen (secondary N) is 1. The number of aryl methyl sites for hydroxylation is 1. The first kappa shape index (κ1) is 43.3. The van der Waals surface area contributed by atoms with Gasteiger partial charge in [0.25, 0.3) is 11.4 Å². The maximum Gasteiger partial charge on any atom is 0.335 e. The molecule has 0 bridgehead atoms. The van der Waals surface area contributed by atoms with Crippen molar-refractivity contribution in [2.45, 2.75) is 84.0 Å². The third-order valence-corrected chi connectivity index (χ3v) is 8.97. The number of carbonyl (C=O) groups is 6. The van der Waals surface area contributed by atoms with Gasteiger partial charge in [-0.2, -0.15) is 0 Å². The van der Waals surface area contributed by atoms with Crippen molar-refractivity contribution >= 4 is 52.8 Å². The van der Waals surface area contributed by atoms with Crippen LogP contribution in [-0.4, -0.2) is 124 Å². The molecule has 0 spiro atoms. The number of non-ortho nitro benzene ring substituents is 1. The average Bonchev–Trinajstić information content (AvgIpc) is 3.59. The molecule has 2 atom stereocenters. The van der Waals surface area contributed by atoms with Crippen LogP contribution in [0, 0.1) is 25.6 Å². The lowest BCUT2D eigenvalue weighted by Crippen LogP contribution is -2.70. The van der Waals surface area contributed by atoms with Crippen molar-refractivity contribution in [2.75, 3.05) is 31.7 Å². The van der Waals surface area contributed by atoms with E-state index in [2.05, 4.69) is 15.6 Å². The molecule has 4 amide bonds. The fourth-order valence-corrected chi connectivity index (χ4v) is 5.95. The van der Waals surface area contributed by atoms with Gasteiger partial charge in [-0.25, -0.2) is 24.2 Å². The lowest BCUT2D eigenvalue weighted by Gasteiger charge is -2.46. The minimum absolute atomic E-state index is 0.0759. The summed E-state index contributed by atoms with van der Waals surface area (Å²) in [6.45, 7) is 3.97. The van der Waals surface area contributed by atoms with E-state index in [0.29, 0.717) is 21.9 Å². The van der Waals surface area contributed by atoms with E-state index in [1.165, 1.54) is 24.6 Å². The minimum atomic E-state index is -1.94. The molecule has 0 aliphatic carbocycles. The number of hydrogen-bond acceptors (Lipinski definition) is 15. The number of nitro groups is 2. The van der Waals surface area contributed by atoms with Gasteiger partial charge in [0.15, 0.2) is 0 Å². The molecule has 1 fully saturated rings. The highest BCUT2D eigenvalue weighted by atomic mass is 16.6. The van der Waals surface area contributed by atoms with E-state index in [4.69, 9.17) is 14.6 Å².